The fourth-order valence-corrected chi connectivity index (χ4v) is 3.32. The summed E-state index contributed by atoms with van der Waals surface area (Å²) >= 11 is 1.71. The number of hydrogen-bond donors (Lipinski definition) is 1. The Kier molecular flexibility index (Phi) is 6.18. The van der Waals surface area contributed by atoms with Gasteiger partial charge in [0.25, 0.3) is 0 Å². The number of hydrogen-bond acceptors (Lipinski definition) is 4. The standard InChI is InChI=1S/C16H20N2OS.ClH/c1-2-3-12-4-6-13(7-5-12)15-11-20-16(18-15)14-10-19-9-8-17-14;/h4-7,11,14,17H,2-3,8-10H2,1H3;1H. The smallest absolute Gasteiger partial charge is 0.113 e. The quantitative estimate of drug-likeness (QED) is 0.927. The minimum absolute atomic E-state index is 0. The van der Waals surface area contributed by atoms with Gasteiger partial charge >= 0.3 is 0 Å². The fraction of sp³-hybridized carbons (Fsp3) is 0.438. The number of halogens is 1. The second kappa shape index (κ2) is 7.90. The molecule has 1 aromatic heterocycles. The first-order valence-corrected chi connectivity index (χ1v) is 8.10. The Balaban J connectivity index is 0.00000161. The molecule has 1 aromatic carbocycles. The molecule has 0 saturated carbocycles. The summed E-state index contributed by atoms with van der Waals surface area (Å²) in [6, 6.07) is 9.02. The molecule has 21 heavy (non-hydrogen) atoms. The first-order chi connectivity index (χ1) is 9.86. The van der Waals surface area contributed by atoms with Crippen molar-refractivity contribution in [2.45, 2.75) is 25.8 Å². The largest absolute Gasteiger partial charge is 0.378 e. The van der Waals surface area contributed by atoms with E-state index in [0.717, 1.165) is 36.9 Å². The Hall–Kier alpha value is -0.940. The van der Waals surface area contributed by atoms with Crippen LogP contribution in [0, 0.1) is 0 Å². The molecule has 1 N–H and O–H groups in total. The van der Waals surface area contributed by atoms with E-state index in [9.17, 15) is 0 Å². The number of aromatic nitrogens is 1. The van der Waals surface area contributed by atoms with Crippen LogP contribution in [-0.2, 0) is 11.2 Å². The van der Waals surface area contributed by atoms with E-state index in [1.165, 1.54) is 17.5 Å². The first-order valence-electron chi connectivity index (χ1n) is 7.22. The average molecular weight is 325 g/mol. The van der Waals surface area contributed by atoms with Crippen molar-refractivity contribution in [3.63, 3.8) is 0 Å². The molecule has 0 amide bonds. The molecule has 0 spiro atoms. The highest BCUT2D eigenvalue weighted by atomic mass is 35.5. The van der Waals surface area contributed by atoms with E-state index in [1.807, 2.05) is 0 Å². The highest BCUT2D eigenvalue weighted by molar-refractivity contribution is 7.10. The lowest BCUT2D eigenvalue weighted by Crippen LogP contribution is -2.34. The zero-order valence-corrected chi connectivity index (χ0v) is 13.8. The number of morpholine rings is 1. The van der Waals surface area contributed by atoms with Crippen molar-refractivity contribution in [2.75, 3.05) is 19.8 Å². The molecule has 1 saturated heterocycles. The number of aryl methyl sites for hydroxylation is 1. The van der Waals surface area contributed by atoms with Gasteiger partial charge in [-0.05, 0) is 12.0 Å². The topological polar surface area (TPSA) is 34.1 Å². The molecule has 1 atom stereocenters. The predicted molar refractivity (Wildman–Crippen MR) is 90.4 cm³/mol. The van der Waals surface area contributed by atoms with E-state index in [0.29, 0.717) is 0 Å². The number of nitrogens with one attached hydrogen (secondary N) is 1. The van der Waals surface area contributed by atoms with Crippen LogP contribution in [-0.4, -0.2) is 24.7 Å². The van der Waals surface area contributed by atoms with Crippen LogP contribution in [0.4, 0.5) is 0 Å². The van der Waals surface area contributed by atoms with Crippen LogP contribution in [0.15, 0.2) is 29.6 Å². The number of rotatable bonds is 4. The van der Waals surface area contributed by atoms with Gasteiger partial charge in [-0.25, -0.2) is 4.98 Å². The van der Waals surface area contributed by atoms with Crippen LogP contribution in [0.1, 0.15) is 30.0 Å². The lowest BCUT2D eigenvalue weighted by atomic mass is 10.1. The van der Waals surface area contributed by atoms with Crippen LogP contribution in [0.2, 0.25) is 0 Å². The van der Waals surface area contributed by atoms with Crippen molar-refractivity contribution in [3.8, 4) is 11.3 Å². The molecule has 5 heteroatoms. The summed E-state index contributed by atoms with van der Waals surface area (Å²) in [6.45, 7) is 4.64. The van der Waals surface area contributed by atoms with Gasteiger partial charge in [-0.1, -0.05) is 37.6 Å². The average Bonchev–Trinajstić information content (AvgIpc) is 2.99. The zero-order valence-electron chi connectivity index (χ0n) is 12.2. The van der Waals surface area contributed by atoms with Gasteiger partial charge in [0.1, 0.15) is 5.01 Å². The van der Waals surface area contributed by atoms with Gasteiger partial charge < -0.3 is 10.1 Å². The second-order valence-electron chi connectivity index (χ2n) is 5.10. The molecule has 1 unspecified atom stereocenters. The summed E-state index contributed by atoms with van der Waals surface area (Å²) in [4.78, 5) is 4.76. The Morgan fingerprint density at radius 2 is 2.14 bits per heavy atom. The van der Waals surface area contributed by atoms with Crippen LogP contribution in [0.3, 0.4) is 0 Å². The maximum absolute atomic E-state index is 5.50. The molecule has 0 aliphatic carbocycles. The van der Waals surface area contributed by atoms with E-state index in [1.54, 1.807) is 11.3 Å². The minimum Gasteiger partial charge on any atom is -0.378 e. The van der Waals surface area contributed by atoms with Gasteiger partial charge in [0, 0.05) is 17.5 Å². The number of ether oxygens (including phenoxy) is 1. The van der Waals surface area contributed by atoms with E-state index in [4.69, 9.17) is 9.72 Å². The number of thiazole rings is 1. The van der Waals surface area contributed by atoms with Crippen LogP contribution < -0.4 is 5.32 Å². The zero-order chi connectivity index (χ0) is 13.8. The lowest BCUT2D eigenvalue weighted by Gasteiger charge is -2.21. The van der Waals surface area contributed by atoms with Crippen LogP contribution in [0.5, 0.6) is 0 Å². The molecule has 1 fully saturated rings. The Morgan fingerprint density at radius 3 is 2.81 bits per heavy atom. The summed E-state index contributed by atoms with van der Waals surface area (Å²) in [5.41, 5.74) is 3.67. The molecular formula is C16H21ClN2OS. The third kappa shape index (κ3) is 4.04. The molecule has 2 aromatic rings. The lowest BCUT2D eigenvalue weighted by molar-refractivity contribution is 0.0768. The van der Waals surface area contributed by atoms with Gasteiger partial charge in [-0.15, -0.1) is 23.7 Å². The van der Waals surface area contributed by atoms with Crippen molar-refractivity contribution in [1.29, 1.82) is 0 Å². The van der Waals surface area contributed by atoms with E-state index < -0.39 is 0 Å². The molecule has 114 valence electrons. The molecule has 3 rings (SSSR count). The number of benzene rings is 1. The normalized spacial score (nSPS) is 18.2. The first kappa shape index (κ1) is 16.4. The van der Waals surface area contributed by atoms with Gasteiger partial charge in [-0.3, -0.25) is 0 Å². The minimum atomic E-state index is 0. The van der Waals surface area contributed by atoms with Gasteiger partial charge in [0.2, 0.25) is 0 Å². The van der Waals surface area contributed by atoms with Crippen molar-refractivity contribution in [3.05, 3.63) is 40.2 Å². The summed E-state index contributed by atoms with van der Waals surface area (Å²) < 4.78 is 5.50. The molecule has 2 heterocycles. The molecule has 1 aliphatic heterocycles. The Labute approximate surface area is 136 Å². The summed E-state index contributed by atoms with van der Waals surface area (Å²) in [6.07, 6.45) is 2.33. The summed E-state index contributed by atoms with van der Waals surface area (Å²) in [7, 11) is 0. The van der Waals surface area contributed by atoms with Gasteiger partial charge in [0.15, 0.2) is 0 Å². The Bertz CT molecular complexity index is 550. The molecule has 0 radical (unpaired) electrons. The van der Waals surface area contributed by atoms with Crippen molar-refractivity contribution in [2.24, 2.45) is 0 Å². The van der Waals surface area contributed by atoms with Crippen molar-refractivity contribution >= 4 is 23.7 Å². The second-order valence-corrected chi connectivity index (χ2v) is 5.99. The van der Waals surface area contributed by atoms with Gasteiger partial charge in [0.05, 0.1) is 24.9 Å². The maximum Gasteiger partial charge on any atom is 0.113 e. The van der Waals surface area contributed by atoms with Crippen molar-refractivity contribution < 1.29 is 4.74 Å². The summed E-state index contributed by atoms with van der Waals surface area (Å²) in [5, 5.41) is 6.71. The molecule has 1 aliphatic rings. The Morgan fingerprint density at radius 1 is 1.33 bits per heavy atom. The highest BCUT2D eigenvalue weighted by Crippen LogP contribution is 2.26. The molecule has 0 bridgehead atoms. The third-order valence-electron chi connectivity index (χ3n) is 3.53. The van der Waals surface area contributed by atoms with Crippen molar-refractivity contribution in [1.82, 2.24) is 10.3 Å². The van der Waals surface area contributed by atoms with E-state index in [2.05, 4.69) is 41.9 Å². The van der Waals surface area contributed by atoms with Crippen LogP contribution in [0.25, 0.3) is 11.3 Å². The SMILES string of the molecule is CCCc1ccc(-c2csc(C3COCCN3)n2)cc1.Cl. The fourth-order valence-electron chi connectivity index (χ4n) is 2.44. The number of nitrogens with zero attached hydrogens (tertiary/aromatic N) is 1. The predicted octanol–water partition coefficient (Wildman–Crippen LogP) is 3.85. The van der Waals surface area contributed by atoms with E-state index in [-0.39, 0.29) is 18.4 Å². The third-order valence-corrected chi connectivity index (χ3v) is 4.49. The maximum atomic E-state index is 5.50. The summed E-state index contributed by atoms with van der Waals surface area (Å²) in [5.74, 6) is 0. The van der Waals surface area contributed by atoms with E-state index >= 15 is 0 Å². The van der Waals surface area contributed by atoms with Crippen LogP contribution >= 0.6 is 23.7 Å². The monoisotopic (exact) mass is 324 g/mol. The van der Waals surface area contributed by atoms with Gasteiger partial charge in [-0.2, -0.15) is 0 Å². The highest BCUT2D eigenvalue weighted by Gasteiger charge is 2.18. The molecular weight excluding hydrogens is 304 g/mol. The molecule has 3 nitrogen and oxygen atoms in total.